The Morgan fingerprint density at radius 2 is 2.10 bits per heavy atom. The lowest BCUT2D eigenvalue weighted by atomic mass is 9.98. The fourth-order valence-corrected chi connectivity index (χ4v) is 3.03. The lowest BCUT2D eigenvalue weighted by Crippen LogP contribution is -2.30. The van der Waals surface area contributed by atoms with E-state index in [9.17, 15) is 4.39 Å². The van der Waals surface area contributed by atoms with Gasteiger partial charge in [-0.1, -0.05) is 40.2 Å². The minimum atomic E-state index is -0.344. The Labute approximate surface area is 132 Å². The van der Waals surface area contributed by atoms with Gasteiger partial charge in [-0.2, -0.15) is 0 Å². The van der Waals surface area contributed by atoms with Crippen LogP contribution in [0.4, 0.5) is 4.39 Å². The van der Waals surface area contributed by atoms with Crippen LogP contribution in [0.2, 0.25) is 0 Å². The van der Waals surface area contributed by atoms with E-state index in [1.165, 1.54) is 7.11 Å². The molecule has 0 aliphatic carbocycles. The van der Waals surface area contributed by atoms with Crippen LogP contribution in [0.5, 0.6) is 5.75 Å². The third-order valence-corrected chi connectivity index (χ3v) is 4.11. The van der Waals surface area contributed by atoms with E-state index in [0.717, 1.165) is 15.6 Å². The van der Waals surface area contributed by atoms with E-state index >= 15 is 0 Å². The second-order valence-electron chi connectivity index (χ2n) is 4.88. The van der Waals surface area contributed by atoms with Gasteiger partial charge in [0.05, 0.1) is 13.2 Å². The molecular formula is C16H18BrFN2O. The number of hydrogen-bond donors (Lipinski definition) is 2. The molecule has 112 valence electrons. The molecule has 0 fully saturated rings. The average Bonchev–Trinajstić information content (AvgIpc) is 2.47. The van der Waals surface area contributed by atoms with Crippen LogP contribution in [-0.4, -0.2) is 7.11 Å². The Morgan fingerprint density at radius 3 is 2.71 bits per heavy atom. The van der Waals surface area contributed by atoms with Gasteiger partial charge in [0.15, 0.2) is 11.6 Å². The summed E-state index contributed by atoms with van der Waals surface area (Å²) in [5, 5.41) is 0. The molecule has 2 aromatic rings. The van der Waals surface area contributed by atoms with E-state index < -0.39 is 0 Å². The first-order valence-electron chi connectivity index (χ1n) is 6.60. The van der Waals surface area contributed by atoms with Crippen LogP contribution in [0.1, 0.15) is 22.7 Å². The summed E-state index contributed by atoms with van der Waals surface area (Å²) >= 11 is 3.53. The second kappa shape index (κ2) is 7.02. The van der Waals surface area contributed by atoms with Crippen LogP contribution in [0.25, 0.3) is 0 Å². The maximum Gasteiger partial charge on any atom is 0.168 e. The van der Waals surface area contributed by atoms with E-state index in [4.69, 9.17) is 10.6 Å². The average molecular weight is 353 g/mol. The van der Waals surface area contributed by atoms with Gasteiger partial charge in [-0.15, -0.1) is 0 Å². The van der Waals surface area contributed by atoms with Crippen molar-refractivity contribution in [1.29, 1.82) is 0 Å². The van der Waals surface area contributed by atoms with E-state index in [-0.39, 0.29) is 17.6 Å². The number of rotatable bonds is 5. The number of halogens is 2. The summed E-state index contributed by atoms with van der Waals surface area (Å²) in [7, 11) is 1.46. The Kier molecular flexibility index (Phi) is 5.33. The normalized spacial score (nSPS) is 12.2. The van der Waals surface area contributed by atoms with Gasteiger partial charge in [0, 0.05) is 4.47 Å². The molecule has 3 nitrogen and oxygen atoms in total. The molecule has 0 amide bonds. The van der Waals surface area contributed by atoms with E-state index in [1.54, 1.807) is 18.2 Å². The molecule has 0 saturated carbocycles. The number of nitrogens with two attached hydrogens (primary N) is 1. The maximum atomic E-state index is 14.2. The van der Waals surface area contributed by atoms with E-state index in [1.807, 2.05) is 25.1 Å². The zero-order valence-electron chi connectivity index (χ0n) is 12.0. The van der Waals surface area contributed by atoms with Crippen molar-refractivity contribution < 1.29 is 9.13 Å². The van der Waals surface area contributed by atoms with Crippen molar-refractivity contribution in [2.24, 2.45) is 5.84 Å². The van der Waals surface area contributed by atoms with Crippen LogP contribution in [-0.2, 0) is 6.42 Å². The van der Waals surface area contributed by atoms with E-state index in [2.05, 4.69) is 21.4 Å². The van der Waals surface area contributed by atoms with Crippen molar-refractivity contribution in [1.82, 2.24) is 5.43 Å². The van der Waals surface area contributed by atoms with Crippen LogP contribution >= 0.6 is 15.9 Å². The first-order chi connectivity index (χ1) is 10.1. The summed E-state index contributed by atoms with van der Waals surface area (Å²) in [5.74, 6) is 5.55. The third-order valence-electron chi connectivity index (χ3n) is 3.42. The summed E-state index contributed by atoms with van der Waals surface area (Å²) in [4.78, 5) is 0. The highest BCUT2D eigenvalue weighted by Gasteiger charge is 2.17. The quantitative estimate of drug-likeness (QED) is 0.637. The molecule has 0 saturated heterocycles. The Bertz CT molecular complexity index is 634. The van der Waals surface area contributed by atoms with Crippen LogP contribution in [0.3, 0.4) is 0 Å². The number of hydrogen-bond acceptors (Lipinski definition) is 3. The highest BCUT2D eigenvalue weighted by atomic mass is 79.9. The van der Waals surface area contributed by atoms with Crippen molar-refractivity contribution in [2.45, 2.75) is 19.4 Å². The second-order valence-corrected chi connectivity index (χ2v) is 5.74. The van der Waals surface area contributed by atoms with Gasteiger partial charge in [0.25, 0.3) is 0 Å². The molecule has 1 unspecified atom stereocenters. The largest absolute Gasteiger partial charge is 0.494 e. The summed E-state index contributed by atoms with van der Waals surface area (Å²) in [5.41, 5.74) is 5.45. The van der Waals surface area contributed by atoms with E-state index in [0.29, 0.717) is 12.0 Å². The highest BCUT2D eigenvalue weighted by molar-refractivity contribution is 9.10. The van der Waals surface area contributed by atoms with Gasteiger partial charge in [0.1, 0.15) is 0 Å². The summed E-state index contributed by atoms with van der Waals surface area (Å²) in [6.45, 7) is 2.02. The molecule has 0 aromatic heterocycles. The summed E-state index contributed by atoms with van der Waals surface area (Å²) in [6.07, 6.45) is 0.432. The molecule has 2 aromatic carbocycles. The van der Waals surface area contributed by atoms with Crippen LogP contribution in [0.15, 0.2) is 40.9 Å². The fourth-order valence-electron chi connectivity index (χ4n) is 2.26. The van der Waals surface area contributed by atoms with Crippen molar-refractivity contribution in [3.05, 3.63) is 63.4 Å². The molecular weight excluding hydrogens is 335 g/mol. The molecule has 21 heavy (non-hydrogen) atoms. The molecule has 0 aliphatic rings. The van der Waals surface area contributed by atoms with Crippen molar-refractivity contribution in [3.63, 3.8) is 0 Å². The lowest BCUT2D eigenvalue weighted by molar-refractivity contribution is 0.382. The number of ether oxygens (including phenoxy) is 1. The predicted molar refractivity (Wildman–Crippen MR) is 85.6 cm³/mol. The molecule has 0 spiro atoms. The van der Waals surface area contributed by atoms with Gasteiger partial charge in [-0.05, 0) is 42.2 Å². The third kappa shape index (κ3) is 3.61. The number of aryl methyl sites for hydroxylation is 1. The predicted octanol–water partition coefficient (Wildman–Crippen LogP) is 3.65. The monoisotopic (exact) mass is 352 g/mol. The smallest absolute Gasteiger partial charge is 0.168 e. The zero-order valence-corrected chi connectivity index (χ0v) is 13.6. The minimum absolute atomic E-state index is 0.193. The Hall–Kier alpha value is -1.43. The van der Waals surface area contributed by atoms with Gasteiger partial charge >= 0.3 is 0 Å². The molecule has 0 heterocycles. The number of benzene rings is 2. The van der Waals surface area contributed by atoms with Crippen LogP contribution < -0.4 is 16.0 Å². The number of nitrogens with one attached hydrogen (secondary N) is 1. The fraction of sp³-hybridized carbons (Fsp3) is 0.250. The SMILES string of the molecule is COc1cccc(CC(NN)c2ccc(C)cc2Br)c1F. The number of methoxy groups -OCH3 is 1. The number of hydrazine groups is 1. The molecule has 2 rings (SSSR count). The van der Waals surface area contributed by atoms with Gasteiger partial charge < -0.3 is 4.74 Å². The Morgan fingerprint density at radius 1 is 1.33 bits per heavy atom. The van der Waals surface area contributed by atoms with Crippen molar-refractivity contribution in [2.75, 3.05) is 7.11 Å². The minimum Gasteiger partial charge on any atom is -0.494 e. The van der Waals surface area contributed by atoms with Gasteiger partial charge in [-0.3, -0.25) is 11.3 Å². The van der Waals surface area contributed by atoms with Crippen molar-refractivity contribution in [3.8, 4) is 5.75 Å². The first kappa shape index (κ1) is 15.9. The molecule has 0 aliphatic heterocycles. The van der Waals surface area contributed by atoms with Crippen molar-refractivity contribution >= 4 is 15.9 Å². The first-order valence-corrected chi connectivity index (χ1v) is 7.39. The molecule has 0 bridgehead atoms. The highest BCUT2D eigenvalue weighted by Crippen LogP contribution is 2.29. The van der Waals surface area contributed by atoms with Gasteiger partial charge in [-0.25, -0.2) is 4.39 Å². The Balaban J connectivity index is 2.31. The summed E-state index contributed by atoms with van der Waals surface area (Å²) < 4.78 is 20.2. The molecule has 1 atom stereocenters. The molecule has 3 N–H and O–H groups in total. The van der Waals surface area contributed by atoms with Crippen LogP contribution in [0, 0.1) is 12.7 Å². The van der Waals surface area contributed by atoms with Gasteiger partial charge in [0.2, 0.25) is 0 Å². The lowest BCUT2D eigenvalue weighted by Gasteiger charge is -2.19. The summed E-state index contributed by atoms with van der Waals surface area (Å²) in [6, 6.07) is 10.9. The zero-order chi connectivity index (χ0) is 15.4. The molecule has 0 radical (unpaired) electrons. The topological polar surface area (TPSA) is 47.3 Å². The maximum absolute atomic E-state index is 14.2. The molecule has 5 heteroatoms. The standard InChI is InChI=1S/C16H18BrFN2O/c1-10-6-7-12(13(17)8-10)14(20-19)9-11-4-3-5-15(21-2)16(11)18/h3-8,14,20H,9,19H2,1-2H3.